The molecule has 34 heavy (non-hydrogen) atoms. The maximum Gasteiger partial charge on any atom is 0.262 e. The molecule has 0 aliphatic rings. The molecule has 3 rings (SSSR count). The number of halogens is 1. The summed E-state index contributed by atoms with van der Waals surface area (Å²) in [7, 11) is 3.94. The van der Waals surface area contributed by atoms with E-state index in [2.05, 4.69) is 46.7 Å². The molecule has 0 heterocycles. The third-order valence-electron chi connectivity index (χ3n) is 5.49. The molecular formula is C27H30FN3O3. The zero-order valence-electron chi connectivity index (χ0n) is 19.7. The van der Waals surface area contributed by atoms with Crippen LogP contribution in [0.2, 0.25) is 0 Å². The predicted octanol–water partition coefficient (Wildman–Crippen LogP) is 4.44. The number of benzene rings is 3. The van der Waals surface area contributed by atoms with Crippen LogP contribution in [0.25, 0.3) is 0 Å². The number of nitrogens with zero attached hydrogens (tertiary/aromatic N) is 1. The number of carbonyl (C=O) groups excluding carboxylic acids is 2. The molecule has 0 aromatic heterocycles. The van der Waals surface area contributed by atoms with Crippen LogP contribution in [0.1, 0.15) is 34.5 Å². The van der Waals surface area contributed by atoms with E-state index in [1.807, 2.05) is 14.1 Å². The quantitative estimate of drug-likeness (QED) is 0.466. The van der Waals surface area contributed by atoms with Crippen LogP contribution in [-0.2, 0) is 11.2 Å². The third-order valence-corrected chi connectivity index (χ3v) is 5.49. The zero-order valence-corrected chi connectivity index (χ0v) is 19.7. The van der Waals surface area contributed by atoms with Gasteiger partial charge in [0.05, 0.1) is 17.3 Å². The summed E-state index contributed by atoms with van der Waals surface area (Å²) in [4.78, 5) is 27.2. The molecule has 3 aromatic carbocycles. The first-order chi connectivity index (χ1) is 16.4. The lowest BCUT2D eigenvalue weighted by molar-refractivity contribution is -0.118. The molecule has 0 bridgehead atoms. The van der Waals surface area contributed by atoms with Crippen LogP contribution in [0, 0.1) is 5.82 Å². The molecule has 7 heteroatoms. The molecule has 178 valence electrons. The van der Waals surface area contributed by atoms with Gasteiger partial charge in [-0.25, -0.2) is 4.39 Å². The molecule has 0 saturated heterocycles. The highest BCUT2D eigenvalue weighted by Gasteiger charge is 2.18. The number of ether oxygens (including phenoxy) is 1. The Bertz CT molecular complexity index is 1120. The Morgan fingerprint density at radius 3 is 2.32 bits per heavy atom. The molecule has 0 aliphatic carbocycles. The molecule has 6 nitrogen and oxygen atoms in total. The Morgan fingerprint density at radius 1 is 0.971 bits per heavy atom. The van der Waals surface area contributed by atoms with E-state index < -0.39 is 11.7 Å². The Labute approximate surface area is 199 Å². The third kappa shape index (κ3) is 6.65. The number of carbonyl (C=O) groups is 2. The second-order valence-corrected chi connectivity index (χ2v) is 8.10. The first-order valence-corrected chi connectivity index (χ1v) is 11.2. The lowest BCUT2D eigenvalue weighted by Crippen LogP contribution is -2.34. The van der Waals surface area contributed by atoms with Gasteiger partial charge in [0.25, 0.3) is 11.8 Å². The van der Waals surface area contributed by atoms with Gasteiger partial charge in [-0.1, -0.05) is 55.5 Å². The molecular weight excluding hydrogens is 433 g/mol. The standard InChI is InChI=1S/C27H30FN3O3/c1-4-19-13-15-20(16-14-19)24(31(2)3)17-29-27(33)21-9-5-8-12-25(21)34-18-26(32)30-23-11-7-6-10-22(23)28/h5-16,24H,4,17-18H2,1-3H3,(H,29,33)(H,30,32). The van der Waals surface area contributed by atoms with Gasteiger partial charge in [0, 0.05) is 6.54 Å². The monoisotopic (exact) mass is 463 g/mol. The number of hydrogen-bond acceptors (Lipinski definition) is 4. The summed E-state index contributed by atoms with van der Waals surface area (Å²) in [6.07, 6.45) is 0.971. The predicted molar refractivity (Wildman–Crippen MR) is 132 cm³/mol. The van der Waals surface area contributed by atoms with Crippen molar-refractivity contribution in [3.63, 3.8) is 0 Å². The number of para-hydroxylation sites is 2. The van der Waals surface area contributed by atoms with E-state index in [4.69, 9.17) is 4.74 Å². The molecule has 0 spiro atoms. The number of aryl methyl sites for hydroxylation is 1. The highest BCUT2D eigenvalue weighted by atomic mass is 19.1. The normalized spacial score (nSPS) is 11.7. The number of likely N-dealkylation sites (N-methyl/N-ethyl adjacent to an activating group) is 1. The minimum absolute atomic E-state index is 0.00511. The number of rotatable bonds is 10. The maximum atomic E-state index is 13.7. The molecule has 0 saturated carbocycles. The fraction of sp³-hybridized carbons (Fsp3) is 0.259. The molecule has 0 aliphatic heterocycles. The highest BCUT2D eigenvalue weighted by Crippen LogP contribution is 2.21. The highest BCUT2D eigenvalue weighted by molar-refractivity contribution is 5.97. The largest absolute Gasteiger partial charge is 0.483 e. The van der Waals surface area contributed by atoms with Crippen LogP contribution >= 0.6 is 0 Å². The first kappa shape index (κ1) is 24.9. The van der Waals surface area contributed by atoms with Gasteiger partial charge < -0.3 is 20.3 Å². The summed E-state index contributed by atoms with van der Waals surface area (Å²) in [5.74, 6) is -1.08. The van der Waals surface area contributed by atoms with Crippen molar-refractivity contribution in [2.75, 3.05) is 32.6 Å². The minimum Gasteiger partial charge on any atom is -0.483 e. The maximum absolute atomic E-state index is 13.7. The van der Waals surface area contributed by atoms with Gasteiger partial charge in [0.2, 0.25) is 0 Å². The lowest BCUT2D eigenvalue weighted by atomic mass is 10.0. The number of anilines is 1. The molecule has 2 N–H and O–H groups in total. The lowest BCUT2D eigenvalue weighted by Gasteiger charge is -2.25. The van der Waals surface area contributed by atoms with Crippen molar-refractivity contribution in [3.8, 4) is 5.75 Å². The van der Waals surface area contributed by atoms with Gasteiger partial charge in [-0.05, 0) is 55.9 Å². The summed E-state index contributed by atoms with van der Waals surface area (Å²) in [6.45, 7) is 2.16. The van der Waals surface area contributed by atoms with Crippen LogP contribution in [-0.4, -0.2) is 44.0 Å². The fourth-order valence-electron chi connectivity index (χ4n) is 3.53. The van der Waals surface area contributed by atoms with Crippen LogP contribution in [0.5, 0.6) is 5.75 Å². The number of amides is 2. The minimum atomic E-state index is -0.532. The van der Waals surface area contributed by atoms with Gasteiger partial charge in [-0.15, -0.1) is 0 Å². The average Bonchev–Trinajstić information content (AvgIpc) is 2.84. The Morgan fingerprint density at radius 2 is 1.65 bits per heavy atom. The van der Waals surface area contributed by atoms with Crippen molar-refractivity contribution >= 4 is 17.5 Å². The van der Waals surface area contributed by atoms with Gasteiger partial charge >= 0.3 is 0 Å². The van der Waals surface area contributed by atoms with Gasteiger partial charge in [0.15, 0.2) is 6.61 Å². The van der Waals surface area contributed by atoms with E-state index in [0.29, 0.717) is 12.1 Å². The van der Waals surface area contributed by atoms with E-state index in [1.54, 1.807) is 30.3 Å². The van der Waals surface area contributed by atoms with Crippen molar-refractivity contribution in [2.45, 2.75) is 19.4 Å². The Kier molecular flexibility index (Phi) is 8.76. The van der Waals surface area contributed by atoms with E-state index in [9.17, 15) is 14.0 Å². The van der Waals surface area contributed by atoms with Crippen molar-refractivity contribution in [1.82, 2.24) is 10.2 Å². The van der Waals surface area contributed by atoms with Crippen LogP contribution in [0.3, 0.4) is 0 Å². The Hall–Kier alpha value is -3.71. The molecule has 1 atom stereocenters. The Balaban J connectivity index is 1.62. The van der Waals surface area contributed by atoms with E-state index in [0.717, 1.165) is 12.0 Å². The number of nitrogens with one attached hydrogen (secondary N) is 2. The van der Waals surface area contributed by atoms with Crippen molar-refractivity contribution in [3.05, 3.63) is 95.3 Å². The summed E-state index contributed by atoms with van der Waals surface area (Å²) in [5, 5.41) is 5.44. The molecule has 2 amide bonds. The zero-order chi connectivity index (χ0) is 24.5. The van der Waals surface area contributed by atoms with Gasteiger partial charge in [-0.2, -0.15) is 0 Å². The molecule has 1 unspecified atom stereocenters. The van der Waals surface area contributed by atoms with Crippen molar-refractivity contribution < 1.29 is 18.7 Å². The summed E-state index contributed by atoms with van der Waals surface area (Å²) in [5.41, 5.74) is 2.76. The van der Waals surface area contributed by atoms with Gasteiger partial charge in [0.1, 0.15) is 11.6 Å². The van der Waals surface area contributed by atoms with Crippen LogP contribution in [0.15, 0.2) is 72.8 Å². The van der Waals surface area contributed by atoms with Crippen molar-refractivity contribution in [1.29, 1.82) is 0 Å². The van der Waals surface area contributed by atoms with Crippen molar-refractivity contribution in [2.24, 2.45) is 0 Å². The van der Waals surface area contributed by atoms with E-state index >= 15 is 0 Å². The second kappa shape index (κ2) is 12.0. The fourth-order valence-corrected chi connectivity index (χ4v) is 3.53. The summed E-state index contributed by atoms with van der Waals surface area (Å²) >= 11 is 0. The second-order valence-electron chi connectivity index (χ2n) is 8.10. The number of hydrogen-bond donors (Lipinski definition) is 2. The van der Waals surface area contributed by atoms with Crippen LogP contribution < -0.4 is 15.4 Å². The molecule has 0 radical (unpaired) electrons. The SMILES string of the molecule is CCc1ccc(C(CNC(=O)c2ccccc2OCC(=O)Nc2ccccc2F)N(C)C)cc1. The summed E-state index contributed by atoms with van der Waals surface area (Å²) < 4.78 is 19.3. The topological polar surface area (TPSA) is 70.7 Å². The first-order valence-electron chi connectivity index (χ1n) is 11.2. The molecule has 3 aromatic rings. The van der Waals surface area contributed by atoms with Crippen LogP contribution in [0.4, 0.5) is 10.1 Å². The molecule has 0 fully saturated rings. The van der Waals surface area contributed by atoms with E-state index in [-0.39, 0.29) is 30.0 Å². The smallest absolute Gasteiger partial charge is 0.262 e. The summed E-state index contributed by atoms with van der Waals surface area (Å²) in [6, 6.07) is 21.0. The average molecular weight is 464 g/mol. The van der Waals surface area contributed by atoms with E-state index in [1.165, 1.54) is 23.8 Å². The van der Waals surface area contributed by atoms with Gasteiger partial charge in [-0.3, -0.25) is 9.59 Å².